The van der Waals surface area contributed by atoms with Gasteiger partial charge in [-0.15, -0.1) is 0 Å². The number of hydrogen-bond acceptors (Lipinski definition) is 3. The number of carbonyl (C=O) groups excluding carboxylic acids is 1. The van der Waals surface area contributed by atoms with E-state index in [-0.39, 0.29) is 5.56 Å². The van der Waals surface area contributed by atoms with Gasteiger partial charge in [0.1, 0.15) is 11.4 Å². The highest BCUT2D eigenvalue weighted by Crippen LogP contribution is 2.14. The molecule has 0 bridgehead atoms. The molecule has 0 radical (unpaired) electrons. The molecule has 0 amide bonds. The Bertz CT molecular complexity index is 738. The smallest absolute Gasteiger partial charge is 0.339 e. The molecule has 0 aliphatic heterocycles. The second kappa shape index (κ2) is 6.09. The lowest BCUT2D eigenvalue weighted by atomic mass is 10.0. The van der Waals surface area contributed by atoms with E-state index in [0.29, 0.717) is 11.3 Å². The van der Waals surface area contributed by atoms with E-state index < -0.39 is 23.1 Å². The first kappa shape index (κ1) is 14.6. The summed E-state index contributed by atoms with van der Waals surface area (Å²) in [5.41, 5.74) is 0.817. The standard InChI is InChI=1S/C16H12FNO3/c1-10-7-11(5-6-18-10)8-14(16(20)21)15(19)12-3-2-4-13(17)9-12/h2-9H,1H3,(H,20,21). The maximum absolute atomic E-state index is 13.1. The molecule has 0 saturated heterocycles. The zero-order chi connectivity index (χ0) is 15.4. The van der Waals surface area contributed by atoms with E-state index in [4.69, 9.17) is 0 Å². The lowest BCUT2D eigenvalue weighted by molar-refractivity contribution is -0.132. The fourth-order valence-electron chi connectivity index (χ4n) is 1.83. The Kier molecular flexibility index (Phi) is 4.23. The van der Waals surface area contributed by atoms with E-state index >= 15 is 0 Å². The Hall–Kier alpha value is -2.82. The van der Waals surface area contributed by atoms with Gasteiger partial charge in [-0.3, -0.25) is 9.78 Å². The Balaban J connectivity index is 2.44. The summed E-state index contributed by atoms with van der Waals surface area (Å²) in [6, 6.07) is 8.18. The molecule has 0 fully saturated rings. The predicted octanol–water partition coefficient (Wildman–Crippen LogP) is 2.88. The maximum atomic E-state index is 13.1. The van der Waals surface area contributed by atoms with Crippen molar-refractivity contribution in [2.45, 2.75) is 6.92 Å². The van der Waals surface area contributed by atoms with Crippen LogP contribution in [0.5, 0.6) is 0 Å². The number of pyridine rings is 1. The zero-order valence-corrected chi connectivity index (χ0v) is 11.2. The highest BCUT2D eigenvalue weighted by Gasteiger charge is 2.19. The zero-order valence-electron chi connectivity index (χ0n) is 11.2. The number of aryl methyl sites for hydroxylation is 1. The van der Waals surface area contributed by atoms with Crippen molar-refractivity contribution < 1.29 is 19.1 Å². The molecule has 4 nitrogen and oxygen atoms in total. The average molecular weight is 285 g/mol. The number of aliphatic carboxylic acids is 1. The summed E-state index contributed by atoms with van der Waals surface area (Å²) in [6.07, 6.45) is 2.78. The molecule has 21 heavy (non-hydrogen) atoms. The third-order valence-corrected chi connectivity index (χ3v) is 2.79. The highest BCUT2D eigenvalue weighted by molar-refractivity contribution is 6.26. The van der Waals surface area contributed by atoms with Crippen LogP contribution in [0, 0.1) is 12.7 Å². The normalized spacial score (nSPS) is 11.2. The van der Waals surface area contributed by atoms with Crippen molar-refractivity contribution >= 4 is 17.8 Å². The van der Waals surface area contributed by atoms with Gasteiger partial charge in [0.2, 0.25) is 0 Å². The summed E-state index contributed by atoms with van der Waals surface area (Å²) < 4.78 is 13.1. The Labute approximate surface area is 120 Å². The largest absolute Gasteiger partial charge is 0.478 e. The molecule has 0 atom stereocenters. The number of aromatic nitrogens is 1. The van der Waals surface area contributed by atoms with E-state index in [9.17, 15) is 19.1 Å². The van der Waals surface area contributed by atoms with Gasteiger partial charge in [-0.1, -0.05) is 12.1 Å². The van der Waals surface area contributed by atoms with Crippen molar-refractivity contribution in [1.29, 1.82) is 0 Å². The molecular formula is C16H12FNO3. The van der Waals surface area contributed by atoms with Gasteiger partial charge in [0.15, 0.2) is 5.78 Å². The molecule has 0 saturated carbocycles. The minimum Gasteiger partial charge on any atom is -0.478 e. The summed E-state index contributed by atoms with van der Waals surface area (Å²) in [5.74, 6) is -2.69. The SMILES string of the molecule is Cc1cc(C=C(C(=O)O)C(=O)c2cccc(F)c2)ccn1. The van der Waals surface area contributed by atoms with Crippen molar-refractivity contribution in [1.82, 2.24) is 4.98 Å². The van der Waals surface area contributed by atoms with Crippen molar-refractivity contribution in [3.05, 3.63) is 70.8 Å². The number of ketones is 1. The van der Waals surface area contributed by atoms with Gasteiger partial charge >= 0.3 is 5.97 Å². The van der Waals surface area contributed by atoms with E-state index in [1.807, 2.05) is 0 Å². The molecular weight excluding hydrogens is 273 g/mol. The number of carboxylic acid groups (broad SMARTS) is 1. The van der Waals surface area contributed by atoms with Gasteiger partial charge < -0.3 is 5.11 Å². The van der Waals surface area contributed by atoms with Crippen LogP contribution in [-0.4, -0.2) is 21.8 Å². The molecule has 0 aliphatic carbocycles. The minimum atomic E-state index is -1.36. The van der Waals surface area contributed by atoms with E-state index in [2.05, 4.69) is 4.98 Å². The highest BCUT2D eigenvalue weighted by atomic mass is 19.1. The second-order valence-corrected chi connectivity index (χ2v) is 4.43. The first-order valence-corrected chi connectivity index (χ1v) is 6.15. The van der Waals surface area contributed by atoms with Gasteiger partial charge in [-0.25, -0.2) is 9.18 Å². The molecule has 0 aliphatic rings. The molecule has 2 rings (SSSR count). The van der Waals surface area contributed by atoms with Crippen LogP contribution >= 0.6 is 0 Å². The van der Waals surface area contributed by atoms with E-state index in [1.54, 1.807) is 19.1 Å². The van der Waals surface area contributed by atoms with Crippen LogP contribution < -0.4 is 0 Å². The van der Waals surface area contributed by atoms with Crippen LogP contribution in [0.3, 0.4) is 0 Å². The molecule has 106 valence electrons. The van der Waals surface area contributed by atoms with Gasteiger partial charge in [-0.05, 0) is 42.8 Å². The number of nitrogens with zero attached hydrogens (tertiary/aromatic N) is 1. The predicted molar refractivity (Wildman–Crippen MR) is 75.3 cm³/mol. The van der Waals surface area contributed by atoms with Crippen molar-refractivity contribution in [3.63, 3.8) is 0 Å². The minimum absolute atomic E-state index is 0.00516. The van der Waals surface area contributed by atoms with Crippen LogP contribution in [-0.2, 0) is 4.79 Å². The van der Waals surface area contributed by atoms with Gasteiger partial charge in [0, 0.05) is 17.5 Å². The molecule has 2 aromatic rings. The number of benzene rings is 1. The molecule has 1 aromatic heterocycles. The number of hydrogen-bond donors (Lipinski definition) is 1. The van der Waals surface area contributed by atoms with E-state index in [0.717, 1.165) is 6.07 Å². The van der Waals surface area contributed by atoms with Crippen LogP contribution in [0.25, 0.3) is 6.08 Å². The first-order valence-electron chi connectivity index (χ1n) is 6.15. The second-order valence-electron chi connectivity index (χ2n) is 4.43. The number of rotatable bonds is 4. The lowest BCUT2D eigenvalue weighted by Crippen LogP contribution is -2.12. The van der Waals surface area contributed by atoms with Crippen molar-refractivity contribution in [3.8, 4) is 0 Å². The third-order valence-electron chi connectivity index (χ3n) is 2.79. The number of Topliss-reactive ketones (excluding diaryl/α,β-unsaturated/α-hetero) is 1. The molecule has 5 heteroatoms. The number of carboxylic acids is 1. The molecule has 0 unspecified atom stereocenters. The number of halogens is 1. The number of carbonyl (C=O) groups is 2. The average Bonchev–Trinajstić information content (AvgIpc) is 2.44. The monoisotopic (exact) mass is 285 g/mol. The Morgan fingerprint density at radius 1 is 1.24 bits per heavy atom. The van der Waals surface area contributed by atoms with Crippen LogP contribution in [0.15, 0.2) is 48.2 Å². The molecule has 1 aromatic carbocycles. The van der Waals surface area contributed by atoms with Crippen molar-refractivity contribution in [2.24, 2.45) is 0 Å². The van der Waals surface area contributed by atoms with Gasteiger partial charge in [-0.2, -0.15) is 0 Å². The summed E-state index contributed by atoms with van der Waals surface area (Å²) in [6.45, 7) is 1.76. The summed E-state index contributed by atoms with van der Waals surface area (Å²) in [7, 11) is 0. The Morgan fingerprint density at radius 2 is 2.00 bits per heavy atom. The van der Waals surface area contributed by atoms with Crippen LogP contribution in [0.4, 0.5) is 4.39 Å². The fourth-order valence-corrected chi connectivity index (χ4v) is 1.83. The summed E-state index contributed by atoms with van der Waals surface area (Å²) >= 11 is 0. The summed E-state index contributed by atoms with van der Waals surface area (Å²) in [5, 5.41) is 9.21. The molecule has 1 heterocycles. The third kappa shape index (κ3) is 3.60. The maximum Gasteiger partial charge on any atom is 0.339 e. The fraction of sp³-hybridized carbons (Fsp3) is 0.0625. The van der Waals surface area contributed by atoms with Crippen LogP contribution in [0.2, 0.25) is 0 Å². The molecule has 1 N–H and O–H groups in total. The first-order chi connectivity index (χ1) is 9.97. The Morgan fingerprint density at radius 3 is 2.62 bits per heavy atom. The molecule has 0 spiro atoms. The van der Waals surface area contributed by atoms with Crippen molar-refractivity contribution in [2.75, 3.05) is 0 Å². The van der Waals surface area contributed by atoms with Crippen LogP contribution in [0.1, 0.15) is 21.6 Å². The van der Waals surface area contributed by atoms with Gasteiger partial charge in [0.05, 0.1) is 0 Å². The van der Waals surface area contributed by atoms with Gasteiger partial charge in [0.25, 0.3) is 0 Å². The quantitative estimate of drug-likeness (QED) is 0.406. The lowest BCUT2D eigenvalue weighted by Gasteiger charge is -2.03. The topological polar surface area (TPSA) is 67.3 Å². The summed E-state index contributed by atoms with van der Waals surface area (Å²) in [4.78, 5) is 27.5. The van der Waals surface area contributed by atoms with E-state index in [1.165, 1.54) is 30.5 Å².